The maximum Gasteiger partial charge on any atom is 0.323 e. The Bertz CT molecular complexity index is 358. The van der Waals surface area contributed by atoms with Crippen LogP contribution < -0.4 is 5.32 Å². The summed E-state index contributed by atoms with van der Waals surface area (Å²) >= 11 is 3.36. The van der Waals surface area contributed by atoms with Gasteiger partial charge in [0.25, 0.3) is 0 Å². The molecule has 1 N–H and O–H groups in total. The molecule has 0 spiro atoms. The number of ether oxygens (including phenoxy) is 1. The van der Waals surface area contributed by atoms with Crippen LogP contribution in [0.4, 0.5) is 0 Å². The Labute approximate surface area is 103 Å². The lowest BCUT2D eigenvalue weighted by molar-refractivity contribution is -0.147. The molecule has 3 nitrogen and oxygen atoms in total. The summed E-state index contributed by atoms with van der Waals surface area (Å²) in [5.41, 5.74) is 1.01. The summed E-state index contributed by atoms with van der Waals surface area (Å²) in [6, 6.07) is 7.67. The van der Waals surface area contributed by atoms with Crippen molar-refractivity contribution in [3.63, 3.8) is 0 Å². The second kappa shape index (κ2) is 5.46. The Morgan fingerprint density at radius 3 is 2.81 bits per heavy atom. The fraction of sp³-hybridized carbons (Fsp3) is 0.417. The van der Waals surface area contributed by atoms with E-state index in [9.17, 15) is 4.79 Å². The van der Waals surface area contributed by atoms with Crippen LogP contribution in [0.1, 0.15) is 18.4 Å². The zero-order valence-electron chi connectivity index (χ0n) is 8.91. The number of benzene rings is 1. The van der Waals surface area contributed by atoms with Crippen LogP contribution in [0.3, 0.4) is 0 Å². The van der Waals surface area contributed by atoms with E-state index in [-0.39, 0.29) is 12.0 Å². The molecule has 0 saturated carbocycles. The van der Waals surface area contributed by atoms with Crippen LogP contribution in [0, 0.1) is 0 Å². The lowest BCUT2D eigenvalue weighted by atomic mass is 10.2. The molecular formula is C12H14BrNO2. The molecule has 1 fully saturated rings. The molecule has 0 aromatic heterocycles. The van der Waals surface area contributed by atoms with Gasteiger partial charge in [-0.25, -0.2) is 0 Å². The summed E-state index contributed by atoms with van der Waals surface area (Å²) in [6.45, 7) is 1.27. The number of nitrogens with one attached hydrogen (secondary N) is 1. The van der Waals surface area contributed by atoms with E-state index in [0.717, 1.165) is 29.4 Å². The highest BCUT2D eigenvalue weighted by atomic mass is 78.9. The second-order valence-electron chi connectivity index (χ2n) is 3.88. The maximum absolute atomic E-state index is 11.6. The Balaban J connectivity index is 1.82. The van der Waals surface area contributed by atoms with Crippen LogP contribution in [0.5, 0.6) is 0 Å². The third-order valence-corrected chi connectivity index (χ3v) is 3.17. The fourth-order valence-corrected chi connectivity index (χ4v) is 1.99. The van der Waals surface area contributed by atoms with Crippen molar-refractivity contribution in [2.75, 3.05) is 6.54 Å². The van der Waals surface area contributed by atoms with E-state index in [1.54, 1.807) is 0 Å². The summed E-state index contributed by atoms with van der Waals surface area (Å²) in [4.78, 5) is 11.6. The van der Waals surface area contributed by atoms with Crippen molar-refractivity contribution in [1.29, 1.82) is 0 Å². The highest BCUT2D eigenvalue weighted by molar-refractivity contribution is 9.10. The van der Waals surface area contributed by atoms with Crippen molar-refractivity contribution in [2.24, 2.45) is 0 Å². The van der Waals surface area contributed by atoms with Crippen LogP contribution >= 0.6 is 15.9 Å². The molecule has 1 saturated heterocycles. The largest absolute Gasteiger partial charge is 0.460 e. The predicted molar refractivity (Wildman–Crippen MR) is 65.0 cm³/mol. The zero-order valence-corrected chi connectivity index (χ0v) is 10.5. The number of hydrogen-bond donors (Lipinski definition) is 1. The summed E-state index contributed by atoms with van der Waals surface area (Å²) < 4.78 is 6.26. The molecular weight excluding hydrogens is 269 g/mol. The molecule has 1 aliphatic heterocycles. The predicted octanol–water partition coefficient (Wildman–Crippen LogP) is 2.24. The average molecular weight is 283 g/mol. The van der Waals surface area contributed by atoms with Gasteiger partial charge >= 0.3 is 5.97 Å². The molecule has 0 bridgehead atoms. The minimum absolute atomic E-state index is 0.101. The molecule has 1 aliphatic rings. The molecule has 0 amide bonds. The van der Waals surface area contributed by atoms with Crippen LogP contribution in [-0.2, 0) is 16.1 Å². The highest BCUT2D eigenvalue weighted by Crippen LogP contribution is 2.12. The highest BCUT2D eigenvalue weighted by Gasteiger charge is 2.23. The number of halogens is 1. The van der Waals surface area contributed by atoms with E-state index < -0.39 is 0 Å². The SMILES string of the molecule is O=C(OCc1ccc([79Br])cc1)[C@@H]1CCCN1. The first kappa shape index (κ1) is 11.6. The number of carbonyl (C=O) groups excluding carboxylic acids is 1. The topological polar surface area (TPSA) is 38.3 Å². The standard InChI is InChI=1S/C12H14BrNO2/c13-10-5-3-9(4-6-10)8-16-12(15)11-2-1-7-14-11/h3-6,11,14H,1-2,7-8H2/t11-/m0/s1/i13-1. The van der Waals surface area contributed by atoms with Gasteiger partial charge in [-0.1, -0.05) is 28.1 Å². The molecule has 1 heterocycles. The van der Waals surface area contributed by atoms with E-state index >= 15 is 0 Å². The molecule has 1 atom stereocenters. The molecule has 0 aliphatic carbocycles. The van der Waals surface area contributed by atoms with Gasteiger partial charge < -0.3 is 10.1 Å². The van der Waals surface area contributed by atoms with Crippen LogP contribution in [0.2, 0.25) is 0 Å². The zero-order chi connectivity index (χ0) is 11.4. The van der Waals surface area contributed by atoms with Gasteiger partial charge in [0.05, 0.1) is 0 Å². The number of hydrogen-bond acceptors (Lipinski definition) is 3. The van der Waals surface area contributed by atoms with Crippen molar-refractivity contribution in [2.45, 2.75) is 25.5 Å². The average Bonchev–Trinajstić information content (AvgIpc) is 2.81. The molecule has 1 aromatic carbocycles. The normalized spacial score (nSPS) is 19.7. The van der Waals surface area contributed by atoms with Crippen molar-refractivity contribution >= 4 is 21.9 Å². The van der Waals surface area contributed by atoms with E-state index in [4.69, 9.17) is 4.74 Å². The van der Waals surface area contributed by atoms with Crippen molar-refractivity contribution in [1.82, 2.24) is 5.32 Å². The molecule has 16 heavy (non-hydrogen) atoms. The van der Waals surface area contributed by atoms with E-state index in [2.05, 4.69) is 21.2 Å². The Hall–Kier alpha value is -0.870. The van der Waals surface area contributed by atoms with E-state index in [0.29, 0.717) is 6.61 Å². The monoisotopic (exact) mass is 283 g/mol. The van der Waals surface area contributed by atoms with Crippen molar-refractivity contribution in [3.05, 3.63) is 34.3 Å². The van der Waals surface area contributed by atoms with Gasteiger partial charge in [0, 0.05) is 4.47 Å². The Morgan fingerprint density at radius 2 is 2.19 bits per heavy atom. The molecule has 0 radical (unpaired) electrons. The van der Waals surface area contributed by atoms with E-state index in [1.165, 1.54) is 0 Å². The van der Waals surface area contributed by atoms with Gasteiger partial charge in [0.2, 0.25) is 0 Å². The van der Waals surface area contributed by atoms with Gasteiger partial charge in [-0.15, -0.1) is 0 Å². The summed E-state index contributed by atoms with van der Waals surface area (Å²) in [5.74, 6) is -0.139. The van der Waals surface area contributed by atoms with Crippen LogP contribution in [-0.4, -0.2) is 18.6 Å². The molecule has 86 valence electrons. The van der Waals surface area contributed by atoms with Crippen molar-refractivity contribution in [3.8, 4) is 0 Å². The first-order chi connectivity index (χ1) is 7.75. The minimum Gasteiger partial charge on any atom is -0.460 e. The smallest absolute Gasteiger partial charge is 0.323 e. The molecule has 1 aromatic rings. The first-order valence-corrected chi connectivity index (χ1v) is 6.19. The molecule has 0 unspecified atom stereocenters. The first-order valence-electron chi connectivity index (χ1n) is 5.40. The Morgan fingerprint density at radius 1 is 1.44 bits per heavy atom. The third-order valence-electron chi connectivity index (χ3n) is 2.64. The number of carbonyl (C=O) groups is 1. The summed E-state index contributed by atoms with van der Waals surface area (Å²) in [6.07, 6.45) is 1.94. The van der Waals surface area contributed by atoms with Gasteiger partial charge in [-0.2, -0.15) is 0 Å². The molecule has 4 heteroatoms. The van der Waals surface area contributed by atoms with Crippen LogP contribution in [0.25, 0.3) is 0 Å². The fourth-order valence-electron chi connectivity index (χ4n) is 1.72. The van der Waals surface area contributed by atoms with Crippen molar-refractivity contribution < 1.29 is 9.53 Å². The van der Waals surface area contributed by atoms with Gasteiger partial charge in [0.1, 0.15) is 12.6 Å². The number of esters is 1. The Kier molecular flexibility index (Phi) is 3.96. The van der Waals surface area contributed by atoms with Gasteiger partial charge in [-0.05, 0) is 37.1 Å². The second-order valence-corrected chi connectivity index (χ2v) is 4.80. The number of rotatable bonds is 3. The third kappa shape index (κ3) is 3.06. The summed E-state index contributed by atoms with van der Waals surface area (Å²) in [5, 5.41) is 3.12. The van der Waals surface area contributed by atoms with Gasteiger partial charge in [-0.3, -0.25) is 4.79 Å². The lowest BCUT2D eigenvalue weighted by Gasteiger charge is -2.10. The minimum atomic E-state index is -0.139. The molecule has 2 rings (SSSR count). The maximum atomic E-state index is 11.6. The quantitative estimate of drug-likeness (QED) is 0.865. The van der Waals surface area contributed by atoms with Crippen LogP contribution in [0.15, 0.2) is 28.7 Å². The lowest BCUT2D eigenvalue weighted by Crippen LogP contribution is -2.32. The summed E-state index contributed by atoms with van der Waals surface area (Å²) in [7, 11) is 0. The van der Waals surface area contributed by atoms with E-state index in [1.807, 2.05) is 24.3 Å². The van der Waals surface area contributed by atoms with Gasteiger partial charge in [0.15, 0.2) is 0 Å².